The number of alkyl halides is 3. The lowest BCUT2D eigenvalue weighted by atomic mass is 9.94. The second-order valence-electron chi connectivity index (χ2n) is 13.3. The fourth-order valence-corrected chi connectivity index (χ4v) is 6.28. The first-order valence-corrected chi connectivity index (χ1v) is 15.9. The number of anilines is 2. The molecule has 48 heavy (non-hydrogen) atoms. The van der Waals surface area contributed by atoms with Crippen molar-refractivity contribution in [2.75, 3.05) is 56.8 Å². The van der Waals surface area contributed by atoms with Crippen LogP contribution in [0, 0.1) is 5.41 Å². The molecule has 1 aliphatic carbocycles. The van der Waals surface area contributed by atoms with Crippen molar-refractivity contribution < 1.29 is 32.5 Å². The number of carbonyl (C=O) groups is 1. The molecule has 1 saturated heterocycles. The first-order chi connectivity index (χ1) is 22.8. The zero-order chi connectivity index (χ0) is 34.2. The van der Waals surface area contributed by atoms with Crippen molar-refractivity contribution in [2.45, 2.75) is 57.7 Å². The first kappa shape index (κ1) is 33.5. The van der Waals surface area contributed by atoms with Crippen LogP contribution < -0.4 is 9.80 Å². The Balaban J connectivity index is 1.32. The summed E-state index contributed by atoms with van der Waals surface area (Å²) >= 11 is 0. The molecule has 0 radical (unpaired) electrons. The van der Waals surface area contributed by atoms with Gasteiger partial charge in [-0.2, -0.15) is 13.2 Å². The van der Waals surface area contributed by atoms with E-state index in [1.54, 1.807) is 25.6 Å². The summed E-state index contributed by atoms with van der Waals surface area (Å²) in [6.07, 6.45) is 2.84. The number of fused-ring (bicyclic) bond motifs is 1. The zero-order valence-electron chi connectivity index (χ0n) is 27.3. The molecule has 4 aromatic rings. The molecule has 0 amide bonds. The van der Waals surface area contributed by atoms with Crippen LogP contribution in [0.25, 0.3) is 33.9 Å². The summed E-state index contributed by atoms with van der Waals surface area (Å²) in [4.78, 5) is 41.1. The molecular formula is C33H39F3N8O4. The van der Waals surface area contributed by atoms with Crippen LogP contribution in [0.15, 0.2) is 30.7 Å². The van der Waals surface area contributed by atoms with E-state index in [0.29, 0.717) is 91.8 Å². The Bertz CT molecular complexity index is 1770. The van der Waals surface area contributed by atoms with Gasteiger partial charge in [0.25, 0.3) is 0 Å². The lowest BCUT2D eigenvalue weighted by Crippen LogP contribution is -2.38. The minimum atomic E-state index is -4.54. The Hall–Kier alpha value is -4.37. The third-order valence-corrected chi connectivity index (χ3v) is 8.63. The number of aromatic amines is 1. The Kier molecular flexibility index (Phi) is 9.27. The number of pyridine rings is 2. The molecule has 15 heteroatoms. The van der Waals surface area contributed by atoms with Gasteiger partial charge in [0.05, 0.1) is 47.7 Å². The minimum Gasteiger partial charge on any atom is -0.480 e. The van der Waals surface area contributed by atoms with Crippen LogP contribution in [0.4, 0.5) is 24.7 Å². The molecule has 0 unspecified atom stereocenters. The van der Waals surface area contributed by atoms with Crippen molar-refractivity contribution in [3.8, 4) is 22.8 Å². The van der Waals surface area contributed by atoms with E-state index < -0.39 is 17.7 Å². The number of halogens is 3. The standard InChI is InChI=1S/C33H39F3N8O4/c1-32(2,18-47-4)17-43(3)25-12-23(20-11-22(33(34,35)36)28(39-13-20)19-5-6-19)40-31-29(25)41-30(42-31)24-14-38-26(15-37-24)44-9-7-21(8-10-44)48-16-27(45)46/h11-15,19,21H,5-10,16-18H2,1-4H3,(H,45,46)(H,40,41,42). The largest absolute Gasteiger partial charge is 0.480 e. The SMILES string of the molecule is COCC(C)(C)CN(C)c1cc(-c2cnc(C3CC3)c(C(F)(F)F)c2)nc2nc(-c3cnc(N4CCC(OCC(=O)O)CC4)cn3)[nH]c12. The van der Waals surface area contributed by atoms with E-state index in [2.05, 4.69) is 38.7 Å². The second-order valence-corrected chi connectivity index (χ2v) is 13.3. The van der Waals surface area contributed by atoms with Gasteiger partial charge in [-0.15, -0.1) is 0 Å². The normalized spacial score (nSPS) is 16.1. The van der Waals surface area contributed by atoms with Gasteiger partial charge in [0.15, 0.2) is 11.5 Å². The van der Waals surface area contributed by atoms with Gasteiger partial charge in [-0.25, -0.2) is 24.7 Å². The second kappa shape index (κ2) is 13.3. The van der Waals surface area contributed by atoms with Gasteiger partial charge < -0.3 is 29.4 Å². The number of carboxylic acid groups (broad SMARTS) is 1. The van der Waals surface area contributed by atoms with E-state index in [4.69, 9.17) is 24.5 Å². The van der Waals surface area contributed by atoms with Gasteiger partial charge in [0.2, 0.25) is 0 Å². The molecule has 0 atom stereocenters. The molecule has 2 N–H and O–H groups in total. The summed E-state index contributed by atoms with van der Waals surface area (Å²) in [6.45, 7) is 6.21. The molecule has 256 valence electrons. The van der Waals surface area contributed by atoms with Crippen LogP contribution in [0.3, 0.4) is 0 Å². The van der Waals surface area contributed by atoms with Crippen LogP contribution >= 0.6 is 0 Å². The van der Waals surface area contributed by atoms with E-state index in [1.807, 2.05) is 11.9 Å². The monoisotopic (exact) mass is 668 g/mol. The van der Waals surface area contributed by atoms with Crippen LogP contribution in [-0.4, -0.2) is 94.1 Å². The lowest BCUT2D eigenvalue weighted by molar-refractivity contribution is -0.144. The van der Waals surface area contributed by atoms with Crippen LogP contribution in [0.2, 0.25) is 0 Å². The maximum atomic E-state index is 14.1. The highest BCUT2D eigenvalue weighted by atomic mass is 19.4. The maximum Gasteiger partial charge on any atom is 0.418 e. The number of aliphatic carboxylic acids is 1. The molecule has 5 heterocycles. The van der Waals surface area contributed by atoms with Crippen molar-refractivity contribution in [1.29, 1.82) is 0 Å². The molecule has 4 aromatic heterocycles. The number of carboxylic acids is 1. The van der Waals surface area contributed by atoms with E-state index in [9.17, 15) is 18.0 Å². The average molecular weight is 669 g/mol. The number of methoxy groups -OCH3 is 1. The third kappa shape index (κ3) is 7.51. The lowest BCUT2D eigenvalue weighted by Gasteiger charge is -2.32. The highest BCUT2D eigenvalue weighted by molar-refractivity contribution is 5.91. The van der Waals surface area contributed by atoms with Crippen LogP contribution in [0.5, 0.6) is 0 Å². The summed E-state index contributed by atoms with van der Waals surface area (Å²) in [5.41, 5.74) is 1.81. The van der Waals surface area contributed by atoms with E-state index in [-0.39, 0.29) is 35.3 Å². The molecule has 0 aromatic carbocycles. The molecule has 0 bridgehead atoms. The van der Waals surface area contributed by atoms with Gasteiger partial charge >= 0.3 is 12.1 Å². The molecular weight excluding hydrogens is 629 g/mol. The Labute approximate surface area is 275 Å². The molecule has 12 nitrogen and oxygen atoms in total. The number of H-pyrrole nitrogens is 1. The van der Waals surface area contributed by atoms with Gasteiger partial charge in [-0.05, 0) is 37.8 Å². The predicted molar refractivity (Wildman–Crippen MR) is 173 cm³/mol. The van der Waals surface area contributed by atoms with Crippen molar-refractivity contribution in [2.24, 2.45) is 5.41 Å². The summed E-state index contributed by atoms with van der Waals surface area (Å²) in [5, 5.41) is 8.86. The van der Waals surface area contributed by atoms with Crippen molar-refractivity contribution in [1.82, 2.24) is 29.9 Å². The smallest absolute Gasteiger partial charge is 0.418 e. The highest BCUT2D eigenvalue weighted by Gasteiger charge is 2.39. The Morgan fingerprint density at radius 1 is 1.04 bits per heavy atom. The number of hydrogen-bond acceptors (Lipinski definition) is 10. The fourth-order valence-electron chi connectivity index (χ4n) is 6.28. The van der Waals surface area contributed by atoms with E-state index in [0.717, 1.165) is 6.07 Å². The minimum absolute atomic E-state index is 0.0888. The molecule has 1 saturated carbocycles. The first-order valence-electron chi connectivity index (χ1n) is 15.9. The van der Waals surface area contributed by atoms with Gasteiger partial charge in [-0.1, -0.05) is 13.8 Å². The number of rotatable bonds is 12. The van der Waals surface area contributed by atoms with E-state index in [1.165, 1.54) is 6.20 Å². The topological polar surface area (TPSA) is 142 Å². The molecule has 0 spiro atoms. The quantitative estimate of drug-likeness (QED) is 0.196. The fraction of sp³-hybridized carbons (Fsp3) is 0.515. The van der Waals surface area contributed by atoms with Gasteiger partial charge in [-0.3, -0.25) is 4.98 Å². The maximum absolute atomic E-state index is 14.1. The predicted octanol–water partition coefficient (Wildman–Crippen LogP) is 5.55. The van der Waals surface area contributed by atoms with Crippen molar-refractivity contribution in [3.05, 3.63) is 42.0 Å². The van der Waals surface area contributed by atoms with Gasteiger partial charge in [0, 0.05) is 56.9 Å². The van der Waals surface area contributed by atoms with Crippen LogP contribution in [0.1, 0.15) is 56.7 Å². The Morgan fingerprint density at radius 3 is 2.42 bits per heavy atom. The number of nitrogens with zero attached hydrogens (tertiary/aromatic N) is 7. The summed E-state index contributed by atoms with van der Waals surface area (Å²) in [7, 11) is 3.56. The number of nitrogens with one attached hydrogen (secondary N) is 1. The number of aromatic nitrogens is 6. The summed E-state index contributed by atoms with van der Waals surface area (Å²) in [5.74, 6) is -0.0598. The number of imidazole rings is 1. The molecule has 1 aliphatic heterocycles. The zero-order valence-corrected chi connectivity index (χ0v) is 27.3. The Morgan fingerprint density at radius 2 is 1.79 bits per heavy atom. The van der Waals surface area contributed by atoms with E-state index >= 15 is 0 Å². The molecule has 6 rings (SSSR count). The van der Waals surface area contributed by atoms with Gasteiger partial charge in [0.1, 0.15) is 23.6 Å². The van der Waals surface area contributed by atoms with Crippen molar-refractivity contribution >= 4 is 28.6 Å². The average Bonchev–Trinajstić information content (AvgIpc) is 3.80. The third-order valence-electron chi connectivity index (χ3n) is 8.63. The number of ether oxygens (including phenoxy) is 2. The van der Waals surface area contributed by atoms with Crippen LogP contribution in [-0.2, 0) is 20.4 Å². The molecule has 2 aliphatic rings. The number of piperidine rings is 1. The molecule has 2 fully saturated rings. The van der Waals surface area contributed by atoms with Crippen molar-refractivity contribution in [3.63, 3.8) is 0 Å². The highest BCUT2D eigenvalue weighted by Crippen LogP contribution is 2.46. The number of hydrogen-bond donors (Lipinski definition) is 2. The summed E-state index contributed by atoms with van der Waals surface area (Å²) in [6, 6.07) is 2.91. The summed E-state index contributed by atoms with van der Waals surface area (Å²) < 4.78 is 53.2.